The van der Waals surface area contributed by atoms with Crippen LogP contribution in [0.5, 0.6) is 11.5 Å². The van der Waals surface area contributed by atoms with E-state index in [0.717, 1.165) is 23.6 Å². The van der Waals surface area contributed by atoms with E-state index >= 15 is 0 Å². The molecule has 0 bridgehead atoms. The largest absolute Gasteiger partial charge is 0.453 e. The third kappa shape index (κ3) is 5.29. The molecule has 1 aliphatic rings. The fraction of sp³-hybridized carbons (Fsp3) is 0.0833. The zero-order chi connectivity index (χ0) is 25.2. The van der Waals surface area contributed by atoms with E-state index in [4.69, 9.17) is 16.3 Å². The maximum Gasteiger partial charge on any atom is 0.153 e. The number of pyridine rings is 1. The first-order valence-electron chi connectivity index (χ1n) is 10.5. The number of halogens is 4. The summed E-state index contributed by atoms with van der Waals surface area (Å²) >= 11 is 8.88. The van der Waals surface area contributed by atoms with Gasteiger partial charge in [-0.2, -0.15) is 0 Å². The number of hydrazine groups is 1. The molecule has 5 rings (SSSR count). The SMILES string of the molecule is CN1C=C(c2cc(-c3ccc(F)cc3F)ncc2Oc2cc(F)c(SNc3cscn3)cc2Cl)CN1. The van der Waals surface area contributed by atoms with Crippen molar-refractivity contribution in [3.8, 4) is 22.8 Å². The predicted octanol–water partition coefficient (Wildman–Crippen LogP) is 6.98. The normalized spacial score (nSPS) is 13.1. The molecule has 0 radical (unpaired) electrons. The first-order chi connectivity index (χ1) is 17.4. The highest BCUT2D eigenvalue weighted by atomic mass is 35.5. The van der Waals surface area contributed by atoms with Gasteiger partial charge in [0.05, 0.1) is 27.3 Å². The molecular formula is C24H17ClF3N5OS2. The van der Waals surface area contributed by atoms with Gasteiger partial charge in [-0.25, -0.2) is 23.6 Å². The van der Waals surface area contributed by atoms with E-state index in [1.807, 2.05) is 13.2 Å². The van der Waals surface area contributed by atoms with E-state index in [1.165, 1.54) is 41.8 Å². The molecule has 2 N–H and O–H groups in total. The fourth-order valence-electron chi connectivity index (χ4n) is 3.47. The molecule has 0 aliphatic carbocycles. The second-order valence-electron chi connectivity index (χ2n) is 7.68. The minimum atomic E-state index is -0.734. The van der Waals surface area contributed by atoms with Crippen molar-refractivity contribution in [3.05, 3.63) is 87.7 Å². The molecule has 2 aromatic carbocycles. The molecule has 36 heavy (non-hydrogen) atoms. The molecule has 0 fully saturated rings. The Morgan fingerprint density at radius 1 is 1.08 bits per heavy atom. The van der Waals surface area contributed by atoms with E-state index < -0.39 is 17.5 Å². The van der Waals surface area contributed by atoms with Gasteiger partial charge in [0.1, 0.15) is 29.0 Å². The average molecular weight is 548 g/mol. The summed E-state index contributed by atoms with van der Waals surface area (Å²) in [6.07, 6.45) is 3.26. The Labute approximate surface area is 217 Å². The van der Waals surface area contributed by atoms with Crippen molar-refractivity contribution < 1.29 is 17.9 Å². The Kier molecular flexibility index (Phi) is 7.06. The second kappa shape index (κ2) is 10.4. The molecule has 0 spiro atoms. The highest BCUT2D eigenvalue weighted by molar-refractivity contribution is 8.00. The number of nitrogens with zero attached hydrogens (tertiary/aromatic N) is 3. The van der Waals surface area contributed by atoms with Gasteiger partial charge in [0, 0.05) is 48.4 Å². The number of benzene rings is 2. The summed E-state index contributed by atoms with van der Waals surface area (Å²) in [6.45, 7) is 0.474. The molecule has 3 heterocycles. The van der Waals surface area contributed by atoms with E-state index in [-0.39, 0.29) is 21.2 Å². The van der Waals surface area contributed by atoms with Gasteiger partial charge in [-0.05, 0) is 41.8 Å². The van der Waals surface area contributed by atoms with E-state index in [2.05, 4.69) is 20.1 Å². The van der Waals surface area contributed by atoms with Gasteiger partial charge in [-0.1, -0.05) is 11.6 Å². The number of rotatable bonds is 7. The minimum absolute atomic E-state index is 0.0934. The third-order valence-corrected chi connectivity index (χ3v) is 6.92. The second-order valence-corrected chi connectivity index (χ2v) is 9.66. The highest BCUT2D eigenvalue weighted by Gasteiger charge is 2.20. The van der Waals surface area contributed by atoms with Gasteiger partial charge in [0.15, 0.2) is 5.75 Å². The molecular weight excluding hydrogens is 531 g/mol. The van der Waals surface area contributed by atoms with Crippen molar-refractivity contribution in [2.45, 2.75) is 4.90 Å². The lowest BCUT2D eigenvalue weighted by Crippen LogP contribution is -2.23. The summed E-state index contributed by atoms with van der Waals surface area (Å²) in [5.74, 6) is -0.952. The van der Waals surface area contributed by atoms with Crippen molar-refractivity contribution in [1.82, 2.24) is 20.4 Å². The van der Waals surface area contributed by atoms with Crippen LogP contribution >= 0.6 is 34.9 Å². The molecule has 4 aromatic rings. The molecule has 1 aliphatic heterocycles. The van der Waals surface area contributed by atoms with Gasteiger partial charge >= 0.3 is 0 Å². The zero-order valence-electron chi connectivity index (χ0n) is 18.6. The monoisotopic (exact) mass is 547 g/mol. The number of ether oxygens (including phenoxy) is 1. The van der Waals surface area contributed by atoms with Gasteiger partial charge in [-0.3, -0.25) is 4.98 Å². The molecule has 12 heteroatoms. The van der Waals surface area contributed by atoms with Gasteiger partial charge in [0.2, 0.25) is 0 Å². The van der Waals surface area contributed by atoms with Gasteiger partial charge in [0.25, 0.3) is 0 Å². The highest BCUT2D eigenvalue weighted by Crippen LogP contribution is 2.39. The molecule has 184 valence electrons. The summed E-state index contributed by atoms with van der Waals surface area (Å²) in [5.41, 5.74) is 6.66. The van der Waals surface area contributed by atoms with Crippen LogP contribution in [0.2, 0.25) is 5.02 Å². The Morgan fingerprint density at radius 3 is 2.67 bits per heavy atom. The number of thiazole rings is 1. The molecule has 0 saturated heterocycles. The quantitative estimate of drug-likeness (QED) is 0.242. The lowest BCUT2D eigenvalue weighted by Gasteiger charge is -2.15. The topological polar surface area (TPSA) is 62.3 Å². The summed E-state index contributed by atoms with van der Waals surface area (Å²) in [5, 5.41) is 3.75. The first-order valence-corrected chi connectivity index (χ1v) is 12.6. The van der Waals surface area contributed by atoms with Crippen LogP contribution in [0.25, 0.3) is 16.8 Å². The maximum absolute atomic E-state index is 14.8. The summed E-state index contributed by atoms with van der Waals surface area (Å²) in [4.78, 5) is 8.67. The van der Waals surface area contributed by atoms with E-state index in [0.29, 0.717) is 29.4 Å². The number of nitrogens with one attached hydrogen (secondary N) is 2. The van der Waals surface area contributed by atoms with Crippen LogP contribution in [0.15, 0.2) is 64.6 Å². The van der Waals surface area contributed by atoms with Crippen LogP contribution in [0.4, 0.5) is 19.0 Å². The number of aromatic nitrogens is 2. The Morgan fingerprint density at radius 2 is 1.94 bits per heavy atom. The average Bonchev–Trinajstić information content (AvgIpc) is 3.52. The van der Waals surface area contributed by atoms with Crippen LogP contribution in [0.1, 0.15) is 5.56 Å². The van der Waals surface area contributed by atoms with Crippen molar-refractivity contribution in [3.63, 3.8) is 0 Å². The summed E-state index contributed by atoms with van der Waals surface area (Å²) < 4.78 is 51.6. The lowest BCUT2D eigenvalue weighted by molar-refractivity contribution is 0.374. The van der Waals surface area contributed by atoms with Crippen LogP contribution in [0.3, 0.4) is 0 Å². The van der Waals surface area contributed by atoms with E-state index in [9.17, 15) is 13.2 Å². The zero-order valence-corrected chi connectivity index (χ0v) is 20.9. The van der Waals surface area contributed by atoms with E-state index in [1.54, 1.807) is 22.0 Å². The fourth-order valence-corrected chi connectivity index (χ4v) is 4.96. The van der Waals surface area contributed by atoms with Crippen LogP contribution in [-0.4, -0.2) is 28.6 Å². The van der Waals surface area contributed by atoms with Gasteiger partial charge in [-0.15, -0.1) is 11.3 Å². The number of anilines is 1. The first kappa shape index (κ1) is 24.4. The Balaban J connectivity index is 1.47. The van der Waals surface area contributed by atoms with Crippen LogP contribution in [-0.2, 0) is 0 Å². The van der Waals surface area contributed by atoms with Crippen molar-refractivity contribution >= 4 is 46.3 Å². The Bertz CT molecular complexity index is 1450. The molecule has 0 saturated carbocycles. The van der Waals surface area contributed by atoms with Gasteiger partial charge < -0.3 is 14.5 Å². The smallest absolute Gasteiger partial charge is 0.153 e. The maximum atomic E-state index is 14.8. The van der Waals surface area contributed by atoms with Crippen molar-refractivity contribution in [2.24, 2.45) is 0 Å². The molecule has 2 aromatic heterocycles. The third-order valence-electron chi connectivity index (χ3n) is 5.19. The van der Waals surface area contributed by atoms with Crippen LogP contribution < -0.4 is 14.9 Å². The summed E-state index contributed by atoms with van der Waals surface area (Å²) in [6, 6.07) is 7.59. The molecule has 0 amide bonds. The minimum Gasteiger partial charge on any atom is -0.453 e. The molecule has 6 nitrogen and oxygen atoms in total. The van der Waals surface area contributed by atoms with Crippen molar-refractivity contribution in [2.75, 3.05) is 18.3 Å². The van der Waals surface area contributed by atoms with Crippen LogP contribution in [0, 0.1) is 17.5 Å². The molecule has 0 atom stereocenters. The lowest BCUT2D eigenvalue weighted by atomic mass is 10.0. The molecule has 0 unspecified atom stereocenters. The van der Waals surface area contributed by atoms with Crippen molar-refractivity contribution in [1.29, 1.82) is 0 Å². The Hall–Kier alpha value is -3.25. The predicted molar refractivity (Wildman–Crippen MR) is 136 cm³/mol. The standard InChI is InChI=1S/C24H17ClF3N5OS2/c1-33-10-13(8-31-33)16-5-20(15-3-2-14(26)4-18(15)27)29-9-22(16)34-21-7-19(28)23(6-17(21)25)36-32-24-11-35-12-30-24/h2-7,9-12,31-32H,8H2,1H3. The summed E-state index contributed by atoms with van der Waals surface area (Å²) in [7, 11) is 1.83. The number of hydrogen-bond donors (Lipinski definition) is 2. The number of hydrogen-bond acceptors (Lipinski definition) is 8.